The molecular weight excluding hydrogens is 164 g/mol. The molecule has 0 aromatic carbocycles. The highest BCUT2D eigenvalue weighted by molar-refractivity contribution is 5.78. The summed E-state index contributed by atoms with van der Waals surface area (Å²) in [7, 11) is 0. The van der Waals surface area contributed by atoms with Gasteiger partial charge in [-0.3, -0.25) is 4.79 Å². The van der Waals surface area contributed by atoms with Crippen molar-refractivity contribution >= 4 is 5.91 Å². The molecule has 1 amide bonds. The second-order valence-electron chi connectivity index (χ2n) is 3.71. The number of carbonyl (C=O) groups is 1. The number of nitrogens with zero attached hydrogens (tertiary/aromatic N) is 1. The van der Waals surface area contributed by atoms with E-state index in [1.54, 1.807) is 0 Å². The second kappa shape index (κ2) is 5.22. The van der Waals surface area contributed by atoms with Gasteiger partial charge in [-0.1, -0.05) is 6.92 Å². The van der Waals surface area contributed by atoms with E-state index in [1.807, 2.05) is 11.8 Å². The second-order valence-corrected chi connectivity index (χ2v) is 3.71. The molecule has 3 nitrogen and oxygen atoms in total. The molecule has 1 atom stereocenters. The highest BCUT2D eigenvalue weighted by atomic mass is 16.2. The van der Waals surface area contributed by atoms with E-state index in [0.717, 1.165) is 19.5 Å². The molecule has 0 aromatic rings. The average molecular weight is 184 g/mol. The molecule has 1 fully saturated rings. The SMILES string of the molecule is CCNCC(=O)N1CCCCC1C. The zero-order valence-electron chi connectivity index (χ0n) is 8.68. The van der Waals surface area contributed by atoms with E-state index in [4.69, 9.17) is 0 Å². The number of amides is 1. The van der Waals surface area contributed by atoms with Crippen LogP contribution in [0.4, 0.5) is 0 Å². The fraction of sp³-hybridized carbons (Fsp3) is 0.900. The minimum absolute atomic E-state index is 0.258. The Hall–Kier alpha value is -0.570. The smallest absolute Gasteiger partial charge is 0.236 e. The van der Waals surface area contributed by atoms with Gasteiger partial charge in [0.05, 0.1) is 6.54 Å². The Kier molecular flexibility index (Phi) is 4.22. The third kappa shape index (κ3) is 2.99. The molecule has 1 saturated heterocycles. The van der Waals surface area contributed by atoms with Gasteiger partial charge in [0.2, 0.25) is 5.91 Å². The first-order chi connectivity index (χ1) is 6.25. The summed E-state index contributed by atoms with van der Waals surface area (Å²) in [5.41, 5.74) is 0. The van der Waals surface area contributed by atoms with Crippen molar-refractivity contribution in [1.29, 1.82) is 0 Å². The Bertz CT molecular complexity index is 170. The van der Waals surface area contributed by atoms with Crippen molar-refractivity contribution in [2.24, 2.45) is 0 Å². The first-order valence-corrected chi connectivity index (χ1v) is 5.26. The van der Waals surface area contributed by atoms with Crippen LogP contribution in [-0.4, -0.2) is 36.5 Å². The molecular formula is C10H20N2O. The minimum atomic E-state index is 0.258. The maximum absolute atomic E-state index is 11.6. The fourth-order valence-corrected chi connectivity index (χ4v) is 1.80. The van der Waals surface area contributed by atoms with Crippen LogP contribution in [0.1, 0.15) is 33.1 Å². The van der Waals surface area contributed by atoms with E-state index >= 15 is 0 Å². The molecule has 1 heterocycles. The number of piperidine rings is 1. The third-order valence-corrected chi connectivity index (χ3v) is 2.65. The van der Waals surface area contributed by atoms with E-state index < -0.39 is 0 Å². The zero-order valence-corrected chi connectivity index (χ0v) is 8.68. The Morgan fingerprint density at radius 3 is 2.92 bits per heavy atom. The molecule has 0 saturated carbocycles. The molecule has 13 heavy (non-hydrogen) atoms. The lowest BCUT2D eigenvalue weighted by atomic mass is 10.0. The lowest BCUT2D eigenvalue weighted by molar-refractivity contribution is -0.133. The van der Waals surface area contributed by atoms with Gasteiger partial charge in [0, 0.05) is 12.6 Å². The number of carbonyl (C=O) groups excluding carboxylic acids is 1. The number of likely N-dealkylation sites (N-methyl/N-ethyl adjacent to an activating group) is 1. The van der Waals surface area contributed by atoms with Gasteiger partial charge in [-0.05, 0) is 32.7 Å². The molecule has 0 aliphatic carbocycles. The zero-order chi connectivity index (χ0) is 9.68. The molecule has 0 aromatic heterocycles. The van der Waals surface area contributed by atoms with Crippen LogP contribution in [0.2, 0.25) is 0 Å². The van der Waals surface area contributed by atoms with E-state index in [1.165, 1.54) is 12.8 Å². The summed E-state index contributed by atoms with van der Waals surface area (Å²) in [4.78, 5) is 13.6. The molecule has 0 spiro atoms. The van der Waals surface area contributed by atoms with Crippen LogP contribution in [0, 0.1) is 0 Å². The lowest BCUT2D eigenvalue weighted by Crippen LogP contribution is -2.45. The summed E-state index contributed by atoms with van der Waals surface area (Å²) >= 11 is 0. The van der Waals surface area contributed by atoms with Crippen molar-refractivity contribution in [3.63, 3.8) is 0 Å². The number of nitrogens with one attached hydrogen (secondary N) is 1. The van der Waals surface area contributed by atoms with Crippen molar-refractivity contribution in [1.82, 2.24) is 10.2 Å². The molecule has 1 rings (SSSR count). The van der Waals surface area contributed by atoms with Crippen LogP contribution in [0.3, 0.4) is 0 Å². The Morgan fingerprint density at radius 2 is 2.31 bits per heavy atom. The largest absolute Gasteiger partial charge is 0.339 e. The summed E-state index contributed by atoms with van der Waals surface area (Å²) in [6.45, 7) is 6.48. The maximum atomic E-state index is 11.6. The average Bonchev–Trinajstić information content (AvgIpc) is 2.15. The molecule has 1 aliphatic rings. The van der Waals surface area contributed by atoms with E-state index in [2.05, 4.69) is 12.2 Å². The van der Waals surface area contributed by atoms with E-state index in [9.17, 15) is 4.79 Å². The van der Waals surface area contributed by atoms with Gasteiger partial charge in [-0.15, -0.1) is 0 Å². The van der Waals surface area contributed by atoms with Gasteiger partial charge < -0.3 is 10.2 Å². The van der Waals surface area contributed by atoms with Gasteiger partial charge in [0.25, 0.3) is 0 Å². The van der Waals surface area contributed by atoms with Gasteiger partial charge in [0.1, 0.15) is 0 Å². The van der Waals surface area contributed by atoms with Crippen molar-refractivity contribution in [2.45, 2.75) is 39.2 Å². The molecule has 76 valence electrons. The molecule has 0 bridgehead atoms. The van der Waals surface area contributed by atoms with Crippen LogP contribution >= 0.6 is 0 Å². The van der Waals surface area contributed by atoms with Crippen LogP contribution in [-0.2, 0) is 4.79 Å². The van der Waals surface area contributed by atoms with Gasteiger partial charge in [-0.2, -0.15) is 0 Å². The normalized spacial score (nSPS) is 23.2. The van der Waals surface area contributed by atoms with Crippen LogP contribution in [0.25, 0.3) is 0 Å². The maximum Gasteiger partial charge on any atom is 0.236 e. The Labute approximate surface area is 80.5 Å². The fourth-order valence-electron chi connectivity index (χ4n) is 1.80. The molecule has 3 heteroatoms. The minimum Gasteiger partial charge on any atom is -0.339 e. The predicted molar refractivity (Wildman–Crippen MR) is 53.6 cm³/mol. The topological polar surface area (TPSA) is 32.3 Å². The van der Waals surface area contributed by atoms with Crippen molar-refractivity contribution in [3.05, 3.63) is 0 Å². The predicted octanol–water partition coefficient (Wildman–Crippen LogP) is 0.997. The number of likely N-dealkylation sites (tertiary alicyclic amines) is 1. The molecule has 1 aliphatic heterocycles. The Morgan fingerprint density at radius 1 is 1.54 bits per heavy atom. The standard InChI is InChI=1S/C10H20N2O/c1-3-11-8-10(13)12-7-5-4-6-9(12)2/h9,11H,3-8H2,1-2H3. The van der Waals surface area contributed by atoms with Gasteiger partial charge >= 0.3 is 0 Å². The number of rotatable bonds is 3. The molecule has 1 N–H and O–H groups in total. The monoisotopic (exact) mass is 184 g/mol. The number of hydrogen-bond donors (Lipinski definition) is 1. The van der Waals surface area contributed by atoms with Crippen molar-refractivity contribution < 1.29 is 4.79 Å². The van der Waals surface area contributed by atoms with E-state index in [-0.39, 0.29) is 5.91 Å². The first kappa shape index (κ1) is 10.5. The van der Waals surface area contributed by atoms with Crippen molar-refractivity contribution in [2.75, 3.05) is 19.6 Å². The highest BCUT2D eigenvalue weighted by Gasteiger charge is 2.22. The summed E-state index contributed by atoms with van der Waals surface area (Å²) < 4.78 is 0. The van der Waals surface area contributed by atoms with E-state index in [0.29, 0.717) is 12.6 Å². The number of hydrogen-bond acceptors (Lipinski definition) is 2. The first-order valence-electron chi connectivity index (χ1n) is 5.26. The third-order valence-electron chi connectivity index (χ3n) is 2.65. The summed E-state index contributed by atoms with van der Waals surface area (Å²) in [5.74, 6) is 0.258. The Balaban J connectivity index is 2.35. The summed E-state index contributed by atoms with van der Waals surface area (Å²) in [5, 5.41) is 3.07. The quantitative estimate of drug-likeness (QED) is 0.709. The van der Waals surface area contributed by atoms with Gasteiger partial charge in [-0.25, -0.2) is 0 Å². The highest BCUT2D eigenvalue weighted by Crippen LogP contribution is 2.15. The van der Waals surface area contributed by atoms with Crippen LogP contribution < -0.4 is 5.32 Å². The van der Waals surface area contributed by atoms with Crippen molar-refractivity contribution in [3.8, 4) is 0 Å². The lowest BCUT2D eigenvalue weighted by Gasteiger charge is -2.33. The molecule has 0 radical (unpaired) electrons. The summed E-state index contributed by atoms with van der Waals surface area (Å²) in [6, 6.07) is 0.444. The summed E-state index contributed by atoms with van der Waals surface area (Å²) in [6.07, 6.45) is 3.60. The van der Waals surface area contributed by atoms with Gasteiger partial charge in [0.15, 0.2) is 0 Å². The van der Waals surface area contributed by atoms with Crippen LogP contribution in [0.15, 0.2) is 0 Å². The molecule has 1 unspecified atom stereocenters. The van der Waals surface area contributed by atoms with Crippen LogP contribution in [0.5, 0.6) is 0 Å².